The predicted octanol–water partition coefficient (Wildman–Crippen LogP) is 2.05. The molecule has 0 spiro atoms. The first-order chi connectivity index (χ1) is 10.3. The summed E-state index contributed by atoms with van der Waals surface area (Å²) in [4.78, 5) is 22.7. The molecule has 1 N–H and O–H groups in total. The molecule has 0 saturated carbocycles. The van der Waals surface area contributed by atoms with Crippen LogP contribution in [0.25, 0.3) is 0 Å². The second-order valence-corrected chi connectivity index (χ2v) is 5.59. The highest BCUT2D eigenvalue weighted by atomic mass is 16.6. The number of carbonyl (C=O) groups is 2. The van der Waals surface area contributed by atoms with Gasteiger partial charge in [-0.05, 0) is 18.4 Å². The Kier molecular flexibility index (Phi) is 4.20. The lowest BCUT2D eigenvalue weighted by molar-refractivity contribution is -0.109. The van der Waals surface area contributed by atoms with Crippen molar-refractivity contribution in [3.05, 3.63) is 35.9 Å². The van der Waals surface area contributed by atoms with Crippen molar-refractivity contribution in [1.82, 2.24) is 5.32 Å². The Morgan fingerprint density at radius 1 is 1.29 bits per heavy atom. The SMILES string of the molecule is O=CCC1C2CCC(O2)C1NC(=O)OCc1ccccc1. The minimum atomic E-state index is -0.448. The summed E-state index contributed by atoms with van der Waals surface area (Å²) in [6.45, 7) is 0.243. The number of alkyl carbamates (subject to hydrolysis) is 1. The van der Waals surface area contributed by atoms with Crippen LogP contribution < -0.4 is 5.32 Å². The number of amides is 1. The molecule has 4 unspecified atom stereocenters. The normalized spacial score (nSPS) is 30.1. The largest absolute Gasteiger partial charge is 0.445 e. The van der Waals surface area contributed by atoms with Gasteiger partial charge >= 0.3 is 6.09 Å². The number of rotatable bonds is 5. The summed E-state index contributed by atoms with van der Waals surface area (Å²) >= 11 is 0. The highest BCUT2D eigenvalue weighted by Gasteiger charge is 2.49. The van der Waals surface area contributed by atoms with Crippen LogP contribution in [0.4, 0.5) is 4.79 Å². The van der Waals surface area contributed by atoms with Gasteiger partial charge in [0.25, 0.3) is 0 Å². The van der Waals surface area contributed by atoms with Gasteiger partial charge < -0.3 is 19.6 Å². The van der Waals surface area contributed by atoms with Crippen molar-refractivity contribution in [3.63, 3.8) is 0 Å². The summed E-state index contributed by atoms with van der Waals surface area (Å²) in [5.41, 5.74) is 0.946. The number of carbonyl (C=O) groups excluding carboxylic acids is 2. The topological polar surface area (TPSA) is 64.6 Å². The number of hydrogen-bond donors (Lipinski definition) is 1. The Bertz CT molecular complexity index is 504. The summed E-state index contributed by atoms with van der Waals surface area (Å²) in [6.07, 6.45) is 2.90. The lowest BCUT2D eigenvalue weighted by atomic mass is 9.83. The molecule has 0 aromatic heterocycles. The van der Waals surface area contributed by atoms with Crippen LogP contribution in [0, 0.1) is 5.92 Å². The first kappa shape index (κ1) is 14.1. The highest BCUT2D eigenvalue weighted by Crippen LogP contribution is 2.40. The molecule has 112 valence electrons. The number of nitrogens with one attached hydrogen (secondary N) is 1. The molecule has 2 fully saturated rings. The molecule has 0 aliphatic carbocycles. The Morgan fingerprint density at radius 2 is 2.05 bits per heavy atom. The van der Waals surface area contributed by atoms with E-state index in [0.717, 1.165) is 24.7 Å². The van der Waals surface area contributed by atoms with E-state index in [1.165, 1.54) is 0 Å². The fraction of sp³-hybridized carbons (Fsp3) is 0.500. The third kappa shape index (κ3) is 3.08. The molecule has 3 rings (SSSR count). The number of aldehydes is 1. The van der Waals surface area contributed by atoms with Crippen molar-refractivity contribution in [2.45, 2.75) is 44.1 Å². The zero-order valence-electron chi connectivity index (χ0n) is 11.7. The third-order valence-electron chi connectivity index (χ3n) is 4.29. The molecule has 21 heavy (non-hydrogen) atoms. The maximum absolute atomic E-state index is 11.9. The van der Waals surface area contributed by atoms with E-state index in [0.29, 0.717) is 6.42 Å². The number of ether oxygens (including phenoxy) is 2. The van der Waals surface area contributed by atoms with Crippen molar-refractivity contribution in [3.8, 4) is 0 Å². The second kappa shape index (κ2) is 6.26. The number of fused-ring (bicyclic) bond motifs is 2. The van der Waals surface area contributed by atoms with E-state index in [1.807, 2.05) is 30.3 Å². The summed E-state index contributed by atoms with van der Waals surface area (Å²) in [5, 5.41) is 2.87. The molecule has 1 aromatic carbocycles. The van der Waals surface area contributed by atoms with Gasteiger partial charge in [-0.25, -0.2) is 4.79 Å². The van der Waals surface area contributed by atoms with Crippen LogP contribution in [0.2, 0.25) is 0 Å². The minimum absolute atomic E-state index is 0.0178. The van der Waals surface area contributed by atoms with Gasteiger partial charge in [0.2, 0.25) is 0 Å². The summed E-state index contributed by atoms with van der Waals surface area (Å²) in [6, 6.07) is 9.42. The fourth-order valence-corrected chi connectivity index (χ4v) is 3.29. The zero-order chi connectivity index (χ0) is 14.7. The molecule has 5 nitrogen and oxygen atoms in total. The number of benzene rings is 1. The van der Waals surface area contributed by atoms with E-state index in [4.69, 9.17) is 9.47 Å². The van der Waals surface area contributed by atoms with Crippen molar-refractivity contribution >= 4 is 12.4 Å². The predicted molar refractivity (Wildman–Crippen MR) is 75.6 cm³/mol. The second-order valence-electron chi connectivity index (χ2n) is 5.59. The van der Waals surface area contributed by atoms with Crippen LogP contribution >= 0.6 is 0 Å². The van der Waals surface area contributed by atoms with E-state index in [2.05, 4.69) is 5.32 Å². The van der Waals surface area contributed by atoms with Crippen molar-refractivity contribution in [1.29, 1.82) is 0 Å². The van der Waals surface area contributed by atoms with Gasteiger partial charge in [-0.3, -0.25) is 0 Å². The van der Waals surface area contributed by atoms with E-state index in [9.17, 15) is 9.59 Å². The molecule has 2 heterocycles. The average Bonchev–Trinajstić information content (AvgIpc) is 3.10. The van der Waals surface area contributed by atoms with Gasteiger partial charge in [-0.2, -0.15) is 0 Å². The Labute approximate surface area is 123 Å². The van der Waals surface area contributed by atoms with Gasteiger partial charge in [0.1, 0.15) is 12.9 Å². The molecule has 1 aromatic rings. The van der Waals surface area contributed by atoms with Crippen molar-refractivity contribution in [2.24, 2.45) is 5.92 Å². The fourth-order valence-electron chi connectivity index (χ4n) is 3.29. The summed E-state index contributed by atoms with van der Waals surface area (Å²) in [5.74, 6) is 0.0746. The monoisotopic (exact) mass is 289 g/mol. The van der Waals surface area contributed by atoms with Gasteiger partial charge in [0.15, 0.2) is 0 Å². The van der Waals surface area contributed by atoms with Crippen LogP contribution in [-0.2, 0) is 20.9 Å². The van der Waals surface area contributed by atoms with Crippen LogP contribution in [0.5, 0.6) is 0 Å². The van der Waals surface area contributed by atoms with Crippen LogP contribution in [0.15, 0.2) is 30.3 Å². The molecule has 2 aliphatic rings. The Morgan fingerprint density at radius 3 is 2.81 bits per heavy atom. The van der Waals surface area contributed by atoms with Crippen LogP contribution in [-0.4, -0.2) is 30.6 Å². The Hall–Kier alpha value is -1.88. The average molecular weight is 289 g/mol. The molecule has 0 radical (unpaired) electrons. The van der Waals surface area contributed by atoms with E-state index in [-0.39, 0.29) is 30.8 Å². The molecule has 4 atom stereocenters. The Balaban J connectivity index is 1.53. The maximum atomic E-state index is 11.9. The molecule has 2 saturated heterocycles. The lowest BCUT2D eigenvalue weighted by Gasteiger charge is -2.27. The summed E-state index contributed by atoms with van der Waals surface area (Å²) < 4.78 is 11.0. The molecule has 1 amide bonds. The smallest absolute Gasteiger partial charge is 0.407 e. The third-order valence-corrected chi connectivity index (χ3v) is 4.29. The standard InChI is InChI=1S/C16H19NO4/c18-9-8-12-13-6-7-14(21-13)15(12)17-16(19)20-10-11-4-2-1-3-5-11/h1-5,9,12-15H,6-8,10H2,(H,17,19). The van der Waals surface area contributed by atoms with Crippen molar-refractivity contribution < 1.29 is 19.1 Å². The van der Waals surface area contributed by atoms with Gasteiger partial charge in [-0.15, -0.1) is 0 Å². The van der Waals surface area contributed by atoms with Crippen molar-refractivity contribution in [2.75, 3.05) is 0 Å². The van der Waals surface area contributed by atoms with E-state index < -0.39 is 6.09 Å². The maximum Gasteiger partial charge on any atom is 0.407 e. The molecule has 2 aliphatic heterocycles. The first-order valence-electron chi connectivity index (χ1n) is 7.34. The number of hydrogen-bond acceptors (Lipinski definition) is 4. The summed E-state index contributed by atoms with van der Waals surface area (Å²) in [7, 11) is 0. The van der Waals surface area contributed by atoms with Crippen LogP contribution in [0.1, 0.15) is 24.8 Å². The molecule has 2 bridgehead atoms. The quantitative estimate of drug-likeness (QED) is 0.843. The molecule has 5 heteroatoms. The van der Waals surface area contributed by atoms with Crippen LogP contribution in [0.3, 0.4) is 0 Å². The van der Waals surface area contributed by atoms with Gasteiger partial charge in [0, 0.05) is 12.3 Å². The molecular formula is C16H19NO4. The van der Waals surface area contributed by atoms with Gasteiger partial charge in [-0.1, -0.05) is 30.3 Å². The van der Waals surface area contributed by atoms with Gasteiger partial charge in [0.05, 0.1) is 18.2 Å². The lowest BCUT2D eigenvalue weighted by Crippen LogP contribution is -2.47. The zero-order valence-corrected chi connectivity index (χ0v) is 11.7. The van der Waals surface area contributed by atoms with E-state index >= 15 is 0 Å². The first-order valence-corrected chi connectivity index (χ1v) is 7.34. The molecular weight excluding hydrogens is 270 g/mol. The highest BCUT2D eigenvalue weighted by molar-refractivity contribution is 5.68. The van der Waals surface area contributed by atoms with E-state index in [1.54, 1.807) is 0 Å². The minimum Gasteiger partial charge on any atom is -0.445 e.